The molecule has 0 aliphatic carbocycles. The van der Waals surface area contributed by atoms with Crippen LogP contribution in [-0.2, 0) is 9.53 Å². The number of hydrogen-bond acceptors (Lipinski definition) is 5. The number of carbonyl (C=O) groups excluding carboxylic acids is 3. The number of hydrogen-bond donors (Lipinski definition) is 3. The first-order valence-electron chi connectivity index (χ1n) is 6.08. The number of urea groups is 1. The van der Waals surface area contributed by atoms with Gasteiger partial charge in [0.25, 0.3) is 5.91 Å². The monoisotopic (exact) mass is 405 g/mol. The van der Waals surface area contributed by atoms with E-state index in [2.05, 4.69) is 0 Å². The molecule has 0 unspecified atom stereocenters. The van der Waals surface area contributed by atoms with Crippen molar-refractivity contribution in [1.82, 2.24) is 5.32 Å². The van der Waals surface area contributed by atoms with Crippen LogP contribution in [-0.4, -0.2) is 24.0 Å². The summed E-state index contributed by atoms with van der Waals surface area (Å²) in [4.78, 5) is 34.6. The van der Waals surface area contributed by atoms with Crippen molar-refractivity contribution in [3.8, 4) is 0 Å². The molecule has 1 rings (SSSR count). The first-order chi connectivity index (χ1) is 9.72. The Bertz CT molecular complexity index is 575. The van der Waals surface area contributed by atoms with Crippen LogP contribution in [0.15, 0.2) is 18.2 Å². The summed E-state index contributed by atoms with van der Waals surface area (Å²) in [6, 6.07) is 3.87. The van der Waals surface area contributed by atoms with Gasteiger partial charge in [-0.1, -0.05) is 13.8 Å². The summed E-state index contributed by atoms with van der Waals surface area (Å²) >= 11 is 2.03. The molecule has 114 valence electrons. The SMILES string of the molecule is CC(C)[C@H](OC(=O)c1cc(I)ccc1N)C(=O)NC(N)=O. The van der Waals surface area contributed by atoms with Gasteiger partial charge in [0, 0.05) is 9.26 Å². The summed E-state index contributed by atoms with van der Waals surface area (Å²) in [5, 5.41) is 1.90. The maximum Gasteiger partial charge on any atom is 0.341 e. The maximum atomic E-state index is 12.1. The molecule has 3 amide bonds. The Morgan fingerprint density at radius 2 is 1.90 bits per heavy atom. The average Bonchev–Trinajstić information content (AvgIpc) is 2.37. The summed E-state index contributed by atoms with van der Waals surface area (Å²) in [5.41, 5.74) is 11.0. The molecule has 0 bridgehead atoms. The average molecular weight is 405 g/mol. The summed E-state index contributed by atoms with van der Waals surface area (Å²) in [5.74, 6) is -1.84. The topological polar surface area (TPSA) is 125 Å². The molecule has 5 N–H and O–H groups in total. The second-order valence-corrected chi connectivity index (χ2v) is 5.90. The van der Waals surface area contributed by atoms with Gasteiger partial charge < -0.3 is 16.2 Å². The number of anilines is 1. The molecular weight excluding hydrogens is 389 g/mol. The van der Waals surface area contributed by atoms with Crippen LogP contribution in [0.3, 0.4) is 0 Å². The predicted octanol–water partition coefficient (Wildman–Crippen LogP) is 1.25. The van der Waals surface area contributed by atoms with E-state index in [1.807, 2.05) is 27.9 Å². The molecule has 0 aliphatic heterocycles. The normalized spacial score (nSPS) is 11.8. The van der Waals surface area contributed by atoms with E-state index in [4.69, 9.17) is 16.2 Å². The number of nitrogens with one attached hydrogen (secondary N) is 1. The number of carbonyl (C=O) groups is 3. The molecule has 0 spiro atoms. The van der Waals surface area contributed by atoms with E-state index in [-0.39, 0.29) is 17.2 Å². The van der Waals surface area contributed by atoms with Crippen LogP contribution in [0.5, 0.6) is 0 Å². The fraction of sp³-hybridized carbons (Fsp3) is 0.308. The number of nitrogen functional groups attached to an aromatic ring is 1. The molecule has 1 atom stereocenters. The number of amides is 3. The minimum atomic E-state index is -1.14. The third-order valence-electron chi connectivity index (χ3n) is 2.58. The number of benzene rings is 1. The number of primary amides is 1. The molecule has 0 saturated heterocycles. The Morgan fingerprint density at radius 3 is 2.43 bits per heavy atom. The van der Waals surface area contributed by atoms with Crippen molar-refractivity contribution >= 4 is 46.2 Å². The van der Waals surface area contributed by atoms with Gasteiger partial charge in [0.15, 0.2) is 6.10 Å². The summed E-state index contributed by atoms with van der Waals surface area (Å²) < 4.78 is 5.96. The Morgan fingerprint density at radius 1 is 1.29 bits per heavy atom. The van der Waals surface area contributed by atoms with Crippen molar-refractivity contribution in [1.29, 1.82) is 0 Å². The van der Waals surface area contributed by atoms with Crippen LogP contribution in [0, 0.1) is 9.49 Å². The molecule has 0 aliphatic rings. The first-order valence-corrected chi connectivity index (χ1v) is 7.16. The number of nitrogens with two attached hydrogens (primary N) is 2. The van der Waals surface area contributed by atoms with Gasteiger partial charge in [-0.3, -0.25) is 10.1 Å². The summed E-state index contributed by atoms with van der Waals surface area (Å²) in [6.07, 6.45) is -1.14. The van der Waals surface area contributed by atoms with Crippen molar-refractivity contribution in [2.75, 3.05) is 5.73 Å². The van der Waals surface area contributed by atoms with Crippen LogP contribution in [0.2, 0.25) is 0 Å². The van der Waals surface area contributed by atoms with Gasteiger partial charge in [-0.15, -0.1) is 0 Å². The smallest absolute Gasteiger partial charge is 0.341 e. The fourth-order valence-electron chi connectivity index (χ4n) is 1.57. The zero-order chi connectivity index (χ0) is 16.2. The minimum Gasteiger partial charge on any atom is -0.448 e. The molecule has 8 heteroatoms. The predicted molar refractivity (Wildman–Crippen MR) is 85.3 cm³/mol. The Labute approximate surface area is 135 Å². The van der Waals surface area contributed by atoms with Crippen molar-refractivity contribution < 1.29 is 19.1 Å². The van der Waals surface area contributed by atoms with E-state index in [1.54, 1.807) is 32.0 Å². The van der Waals surface area contributed by atoms with Gasteiger partial charge in [0.05, 0.1) is 5.56 Å². The van der Waals surface area contributed by atoms with Gasteiger partial charge >= 0.3 is 12.0 Å². The Balaban J connectivity index is 2.93. The van der Waals surface area contributed by atoms with Crippen molar-refractivity contribution in [3.63, 3.8) is 0 Å². The highest BCUT2D eigenvalue weighted by atomic mass is 127. The third-order valence-corrected chi connectivity index (χ3v) is 3.25. The molecule has 0 radical (unpaired) electrons. The molecule has 21 heavy (non-hydrogen) atoms. The lowest BCUT2D eigenvalue weighted by Gasteiger charge is -2.20. The second kappa shape index (κ2) is 7.25. The van der Waals surface area contributed by atoms with Gasteiger partial charge in [0.1, 0.15) is 0 Å². The fourth-order valence-corrected chi connectivity index (χ4v) is 2.06. The molecule has 0 heterocycles. The van der Waals surface area contributed by atoms with E-state index in [1.165, 1.54) is 0 Å². The first kappa shape index (κ1) is 17.2. The number of rotatable bonds is 4. The lowest BCUT2D eigenvalue weighted by molar-refractivity contribution is -0.130. The highest BCUT2D eigenvalue weighted by molar-refractivity contribution is 14.1. The van der Waals surface area contributed by atoms with Crippen LogP contribution in [0.1, 0.15) is 24.2 Å². The molecule has 0 saturated carbocycles. The van der Waals surface area contributed by atoms with E-state index in [0.29, 0.717) is 0 Å². The quantitative estimate of drug-likeness (QED) is 0.395. The van der Waals surface area contributed by atoms with E-state index < -0.39 is 24.0 Å². The second-order valence-electron chi connectivity index (χ2n) is 4.66. The van der Waals surface area contributed by atoms with Crippen molar-refractivity contribution in [3.05, 3.63) is 27.3 Å². The number of esters is 1. The third kappa shape index (κ3) is 4.88. The molecule has 0 aromatic heterocycles. The molecule has 1 aromatic rings. The van der Waals surface area contributed by atoms with Gasteiger partial charge in [-0.2, -0.15) is 0 Å². The minimum absolute atomic E-state index is 0.166. The lowest BCUT2D eigenvalue weighted by Crippen LogP contribution is -2.45. The largest absolute Gasteiger partial charge is 0.448 e. The number of halogens is 1. The van der Waals surface area contributed by atoms with Crippen LogP contribution in [0.4, 0.5) is 10.5 Å². The zero-order valence-corrected chi connectivity index (χ0v) is 13.7. The molecule has 7 nitrogen and oxygen atoms in total. The van der Waals surface area contributed by atoms with Gasteiger partial charge in [-0.25, -0.2) is 9.59 Å². The van der Waals surface area contributed by atoms with Gasteiger partial charge in [0.2, 0.25) is 0 Å². The maximum absolute atomic E-state index is 12.1. The zero-order valence-electron chi connectivity index (χ0n) is 11.6. The van der Waals surface area contributed by atoms with Crippen molar-refractivity contribution in [2.45, 2.75) is 20.0 Å². The van der Waals surface area contributed by atoms with Crippen LogP contribution >= 0.6 is 22.6 Å². The van der Waals surface area contributed by atoms with E-state index in [0.717, 1.165) is 3.57 Å². The standard InChI is InChI=1S/C13H16IN3O4/c1-6(2)10(11(18)17-13(16)20)21-12(19)8-5-7(14)3-4-9(8)15/h3-6,10H,15H2,1-2H3,(H3,16,17,18,20)/t10-/m0/s1. The Kier molecular flexibility index (Phi) is 5.94. The summed E-state index contributed by atoms with van der Waals surface area (Å²) in [7, 11) is 0. The van der Waals surface area contributed by atoms with E-state index >= 15 is 0 Å². The van der Waals surface area contributed by atoms with Crippen LogP contribution < -0.4 is 16.8 Å². The summed E-state index contributed by atoms with van der Waals surface area (Å²) in [6.45, 7) is 3.35. The molecule has 1 aromatic carbocycles. The Hall–Kier alpha value is -1.84. The molecule has 0 fully saturated rings. The van der Waals surface area contributed by atoms with E-state index in [9.17, 15) is 14.4 Å². The van der Waals surface area contributed by atoms with Crippen molar-refractivity contribution in [2.24, 2.45) is 11.7 Å². The highest BCUT2D eigenvalue weighted by Gasteiger charge is 2.28. The highest BCUT2D eigenvalue weighted by Crippen LogP contribution is 2.19. The number of ether oxygens (including phenoxy) is 1. The van der Waals surface area contributed by atoms with Crippen LogP contribution in [0.25, 0.3) is 0 Å². The van der Waals surface area contributed by atoms with Gasteiger partial charge in [-0.05, 0) is 46.7 Å². The lowest BCUT2D eigenvalue weighted by atomic mass is 10.1. The molecular formula is C13H16IN3O4. The number of imide groups is 1.